The Morgan fingerprint density at radius 3 is 2.74 bits per heavy atom. The van der Waals surface area contributed by atoms with E-state index in [1.54, 1.807) is 4.90 Å². The average Bonchev–Trinajstić information content (AvgIpc) is 2.70. The van der Waals surface area contributed by atoms with Gasteiger partial charge in [0.1, 0.15) is 0 Å². The van der Waals surface area contributed by atoms with E-state index in [2.05, 4.69) is 28.6 Å². The van der Waals surface area contributed by atoms with Crippen LogP contribution in [-0.2, 0) is 14.3 Å². The van der Waals surface area contributed by atoms with Gasteiger partial charge in [-0.05, 0) is 0 Å². The van der Waals surface area contributed by atoms with E-state index in [0.29, 0.717) is 18.2 Å². The molecule has 19 heavy (non-hydrogen) atoms. The summed E-state index contributed by atoms with van der Waals surface area (Å²) in [6.45, 7) is 4.62. The quantitative estimate of drug-likeness (QED) is 0.451. The average molecular weight is 373 g/mol. The van der Waals surface area contributed by atoms with Crippen molar-refractivity contribution in [2.75, 3.05) is 16.4 Å². The third-order valence-electron chi connectivity index (χ3n) is 3.12. The number of hydrogen-bond donors (Lipinski definition) is 0. The zero-order valence-corrected chi connectivity index (χ0v) is 13.6. The SMILES string of the molecule is C=C(OI(C)C)N1C[C@H](Cc2ccccc2)CC1=O. The van der Waals surface area contributed by atoms with Gasteiger partial charge >= 0.3 is 122 Å². The fourth-order valence-electron chi connectivity index (χ4n) is 2.33. The minimum atomic E-state index is -1.35. The number of likely N-dealkylation sites (tertiary alicyclic amines) is 1. The monoisotopic (exact) mass is 373 g/mol. The van der Waals surface area contributed by atoms with E-state index in [-0.39, 0.29) is 5.91 Å². The van der Waals surface area contributed by atoms with Gasteiger partial charge in [0.2, 0.25) is 0 Å². The van der Waals surface area contributed by atoms with E-state index < -0.39 is 20.2 Å². The van der Waals surface area contributed by atoms with Gasteiger partial charge in [-0.2, -0.15) is 0 Å². The second kappa shape index (κ2) is 6.41. The summed E-state index contributed by atoms with van der Waals surface area (Å²) < 4.78 is 5.67. The van der Waals surface area contributed by atoms with Crippen LogP contribution in [0.1, 0.15) is 12.0 Å². The zero-order valence-electron chi connectivity index (χ0n) is 11.4. The Kier molecular flexibility index (Phi) is 4.85. The normalized spacial score (nSPS) is 19.5. The molecular formula is C15H20INO2. The van der Waals surface area contributed by atoms with Crippen molar-refractivity contribution in [1.82, 2.24) is 4.90 Å². The van der Waals surface area contributed by atoms with Crippen molar-refractivity contribution in [2.24, 2.45) is 5.92 Å². The van der Waals surface area contributed by atoms with Crippen LogP contribution in [0, 0.1) is 5.92 Å². The van der Waals surface area contributed by atoms with Gasteiger partial charge in [-0.25, -0.2) is 0 Å². The second-order valence-electron chi connectivity index (χ2n) is 4.92. The number of alkyl halides is 2. The number of amides is 1. The van der Waals surface area contributed by atoms with Crippen LogP contribution in [0.25, 0.3) is 0 Å². The molecular weight excluding hydrogens is 353 g/mol. The van der Waals surface area contributed by atoms with Crippen molar-refractivity contribution in [2.45, 2.75) is 12.8 Å². The van der Waals surface area contributed by atoms with Crippen LogP contribution >= 0.6 is 20.2 Å². The molecule has 0 aromatic heterocycles. The Morgan fingerprint density at radius 2 is 2.11 bits per heavy atom. The predicted octanol–water partition coefficient (Wildman–Crippen LogP) is 3.25. The summed E-state index contributed by atoms with van der Waals surface area (Å²) in [6.07, 6.45) is 1.54. The molecule has 0 spiro atoms. The van der Waals surface area contributed by atoms with Crippen LogP contribution in [0.2, 0.25) is 0 Å². The van der Waals surface area contributed by atoms with Gasteiger partial charge in [0.05, 0.1) is 0 Å². The number of halogens is 1. The molecule has 1 heterocycles. The van der Waals surface area contributed by atoms with Crippen molar-refractivity contribution >= 4 is 26.1 Å². The molecule has 1 aliphatic rings. The summed E-state index contributed by atoms with van der Waals surface area (Å²) in [5.74, 6) is 1.06. The Bertz CT molecular complexity index is 458. The Morgan fingerprint density at radius 1 is 1.42 bits per heavy atom. The molecule has 0 saturated carbocycles. The molecule has 3 nitrogen and oxygen atoms in total. The summed E-state index contributed by atoms with van der Waals surface area (Å²) in [7, 11) is 0. The zero-order chi connectivity index (χ0) is 13.8. The third kappa shape index (κ3) is 3.96. The number of benzene rings is 1. The fourth-order valence-corrected chi connectivity index (χ4v) is 3.58. The molecule has 0 bridgehead atoms. The molecule has 2 rings (SSSR count). The topological polar surface area (TPSA) is 29.5 Å². The van der Waals surface area contributed by atoms with Crippen molar-refractivity contribution in [3.05, 3.63) is 48.4 Å². The van der Waals surface area contributed by atoms with Crippen molar-refractivity contribution < 1.29 is 7.86 Å². The van der Waals surface area contributed by atoms with Crippen LogP contribution in [0.3, 0.4) is 0 Å². The van der Waals surface area contributed by atoms with E-state index in [0.717, 1.165) is 13.0 Å². The van der Waals surface area contributed by atoms with Crippen molar-refractivity contribution in [3.63, 3.8) is 0 Å². The van der Waals surface area contributed by atoms with Crippen LogP contribution in [0.4, 0.5) is 0 Å². The molecule has 1 aromatic carbocycles. The first-order valence-electron chi connectivity index (χ1n) is 6.28. The summed E-state index contributed by atoms with van der Waals surface area (Å²) >= 11 is -1.35. The van der Waals surface area contributed by atoms with Gasteiger partial charge < -0.3 is 0 Å². The molecule has 1 saturated heterocycles. The first kappa shape index (κ1) is 14.4. The Balaban J connectivity index is 1.94. The minimum absolute atomic E-state index is 0.142. The molecule has 1 aromatic rings. The Hall–Kier alpha value is -1.04. The van der Waals surface area contributed by atoms with E-state index in [9.17, 15) is 4.79 Å². The van der Waals surface area contributed by atoms with Crippen molar-refractivity contribution in [3.8, 4) is 0 Å². The molecule has 0 aliphatic carbocycles. The first-order chi connectivity index (χ1) is 9.06. The molecule has 0 N–H and O–H groups in total. The van der Waals surface area contributed by atoms with Gasteiger partial charge in [0.25, 0.3) is 0 Å². The third-order valence-corrected chi connectivity index (χ3v) is 4.51. The second-order valence-corrected chi connectivity index (χ2v) is 9.28. The van der Waals surface area contributed by atoms with Gasteiger partial charge in [-0.1, -0.05) is 0 Å². The van der Waals surface area contributed by atoms with Gasteiger partial charge in [0.15, 0.2) is 0 Å². The number of carbonyl (C=O) groups is 1. The number of nitrogens with zero attached hydrogens (tertiary/aromatic N) is 1. The molecule has 1 aliphatic heterocycles. The van der Waals surface area contributed by atoms with E-state index >= 15 is 0 Å². The summed E-state index contributed by atoms with van der Waals surface area (Å²) in [4.78, 5) is 17.9. The Labute approximate surface area is 122 Å². The van der Waals surface area contributed by atoms with Crippen LogP contribution < -0.4 is 0 Å². The van der Waals surface area contributed by atoms with Crippen molar-refractivity contribution in [1.29, 1.82) is 0 Å². The van der Waals surface area contributed by atoms with Gasteiger partial charge in [-0.3, -0.25) is 0 Å². The fraction of sp³-hybridized carbons (Fsp3) is 0.400. The molecule has 1 amide bonds. The number of carbonyl (C=O) groups excluding carboxylic acids is 1. The molecule has 1 fully saturated rings. The van der Waals surface area contributed by atoms with E-state index in [1.165, 1.54) is 5.56 Å². The van der Waals surface area contributed by atoms with E-state index in [4.69, 9.17) is 3.07 Å². The van der Waals surface area contributed by atoms with Crippen LogP contribution in [0.15, 0.2) is 42.8 Å². The van der Waals surface area contributed by atoms with Gasteiger partial charge in [-0.15, -0.1) is 0 Å². The molecule has 4 heteroatoms. The van der Waals surface area contributed by atoms with Crippen LogP contribution in [0.5, 0.6) is 0 Å². The molecule has 104 valence electrons. The van der Waals surface area contributed by atoms with Crippen LogP contribution in [-0.4, -0.2) is 27.2 Å². The maximum atomic E-state index is 12.0. The number of hydrogen-bond acceptors (Lipinski definition) is 2. The number of rotatable bonds is 5. The molecule has 1 atom stereocenters. The maximum absolute atomic E-state index is 12.0. The molecule has 0 radical (unpaired) electrons. The summed E-state index contributed by atoms with van der Waals surface area (Å²) in [5.41, 5.74) is 1.29. The van der Waals surface area contributed by atoms with E-state index in [1.807, 2.05) is 18.2 Å². The predicted molar refractivity (Wildman–Crippen MR) is 86.1 cm³/mol. The van der Waals surface area contributed by atoms with Gasteiger partial charge in [0, 0.05) is 0 Å². The summed E-state index contributed by atoms with van der Waals surface area (Å²) in [6, 6.07) is 10.3. The summed E-state index contributed by atoms with van der Waals surface area (Å²) in [5, 5.41) is 0. The molecule has 0 unspecified atom stereocenters. The standard InChI is InChI=1S/C15H20INO2/c1-12(19-16(2)3)17-11-14(10-15(17)18)9-13-7-5-4-6-8-13/h4-8,14H,1,9-11H2,2-3H3/t14-/m1/s1. The first-order valence-corrected chi connectivity index (χ1v) is 11.5.